The van der Waals surface area contributed by atoms with Gasteiger partial charge in [0.25, 0.3) is 0 Å². The number of likely N-dealkylation sites (tertiary alicyclic amines) is 1. The van der Waals surface area contributed by atoms with E-state index >= 15 is 0 Å². The van der Waals surface area contributed by atoms with E-state index in [9.17, 15) is 14.4 Å². The maximum atomic E-state index is 12.5. The molecule has 0 spiro atoms. The molecule has 9 heteroatoms. The molecule has 2 aliphatic heterocycles. The fourth-order valence-corrected chi connectivity index (χ4v) is 3.65. The van der Waals surface area contributed by atoms with Crippen molar-refractivity contribution < 1.29 is 19.1 Å². The lowest BCUT2D eigenvalue weighted by atomic mass is 10.0. The Morgan fingerprint density at radius 1 is 1.21 bits per heavy atom. The summed E-state index contributed by atoms with van der Waals surface area (Å²) in [5.41, 5.74) is 0.977. The molecule has 1 aromatic rings. The van der Waals surface area contributed by atoms with Crippen LogP contribution in [0, 0.1) is 0 Å². The SMILES string of the molecule is COCCN1C(=O)CN(C2CCN(C(=O)NCc3ccc(Cl)cc3)CC2)C1=O. The van der Waals surface area contributed by atoms with Gasteiger partial charge in [-0.25, -0.2) is 9.59 Å². The van der Waals surface area contributed by atoms with Crippen molar-refractivity contribution in [2.75, 3.05) is 39.9 Å². The van der Waals surface area contributed by atoms with Gasteiger partial charge in [0.1, 0.15) is 6.54 Å². The van der Waals surface area contributed by atoms with Gasteiger partial charge in [0, 0.05) is 37.8 Å². The van der Waals surface area contributed by atoms with Crippen molar-refractivity contribution in [2.45, 2.75) is 25.4 Å². The number of ether oxygens (including phenoxy) is 1. The number of urea groups is 2. The molecule has 2 fully saturated rings. The highest BCUT2D eigenvalue weighted by atomic mass is 35.5. The Kier molecular flexibility index (Phi) is 6.74. The average Bonchev–Trinajstić information content (AvgIpc) is 2.99. The molecule has 2 aliphatic rings. The van der Waals surface area contributed by atoms with Crippen LogP contribution in [0.1, 0.15) is 18.4 Å². The zero-order chi connectivity index (χ0) is 20.1. The predicted octanol–water partition coefficient (Wildman–Crippen LogP) is 1.92. The van der Waals surface area contributed by atoms with Crippen LogP contribution in [0.15, 0.2) is 24.3 Å². The van der Waals surface area contributed by atoms with Gasteiger partial charge in [0.15, 0.2) is 0 Å². The van der Waals surface area contributed by atoms with Gasteiger partial charge in [-0.05, 0) is 30.5 Å². The van der Waals surface area contributed by atoms with E-state index in [-0.39, 0.29) is 37.1 Å². The molecule has 0 aromatic heterocycles. The molecule has 0 saturated carbocycles. The lowest BCUT2D eigenvalue weighted by Crippen LogP contribution is -2.50. The van der Waals surface area contributed by atoms with Crippen LogP contribution in [0.5, 0.6) is 0 Å². The minimum Gasteiger partial charge on any atom is -0.383 e. The van der Waals surface area contributed by atoms with Crippen molar-refractivity contribution in [3.63, 3.8) is 0 Å². The number of piperidine rings is 1. The van der Waals surface area contributed by atoms with E-state index in [0.717, 1.165) is 5.56 Å². The van der Waals surface area contributed by atoms with Gasteiger partial charge in [0.05, 0.1) is 13.2 Å². The number of carbonyl (C=O) groups excluding carboxylic acids is 3. The number of amides is 5. The highest BCUT2D eigenvalue weighted by Gasteiger charge is 2.40. The Labute approximate surface area is 169 Å². The molecule has 0 bridgehead atoms. The van der Waals surface area contributed by atoms with Crippen LogP contribution in [0.2, 0.25) is 5.02 Å². The molecule has 0 aliphatic carbocycles. The normalized spacial score (nSPS) is 18.1. The molecule has 0 unspecified atom stereocenters. The fraction of sp³-hybridized carbons (Fsp3) is 0.526. The van der Waals surface area contributed by atoms with Crippen molar-refractivity contribution in [1.82, 2.24) is 20.0 Å². The molecule has 5 amide bonds. The van der Waals surface area contributed by atoms with E-state index in [4.69, 9.17) is 16.3 Å². The predicted molar refractivity (Wildman–Crippen MR) is 104 cm³/mol. The highest BCUT2D eigenvalue weighted by Crippen LogP contribution is 2.22. The summed E-state index contributed by atoms with van der Waals surface area (Å²) in [4.78, 5) is 41.6. The summed E-state index contributed by atoms with van der Waals surface area (Å²) < 4.78 is 4.96. The molecule has 0 radical (unpaired) electrons. The van der Waals surface area contributed by atoms with Gasteiger partial charge >= 0.3 is 12.1 Å². The molecule has 2 saturated heterocycles. The third-order valence-electron chi connectivity index (χ3n) is 5.15. The summed E-state index contributed by atoms with van der Waals surface area (Å²) in [6.45, 7) is 2.24. The molecule has 152 valence electrons. The van der Waals surface area contributed by atoms with Crippen LogP contribution in [0.4, 0.5) is 9.59 Å². The standard InChI is InChI=1S/C19H25ClN4O4/c1-28-11-10-23-17(25)13-24(19(23)27)16-6-8-22(9-7-16)18(26)21-12-14-2-4-15(20)5-3-14/h2-5,16H,6-13H2,1H3,(H,21,26). The van der Waals surface area contributed by atoms with E-state index < -0.39 is 0 Å². The molecule has 8 nitrogen and oxygen atoms in total. The first kappa shape index (κ1) is 20.4. The molecule has 28 heavy (non-hydrogen) atoms. The number of hydrogen-bond acceptors (Lipinski definition) is 4. The highest BCUT2D eigenvalue weighted by molar-refractivity contribution is 6.30. The van der Waals surface area contributed by atoms with Gasteiger partial charge < -0.3 is 19.9 Å². The van der Waals surface area contributed by atoms with Gasteiger partial charge in [-0.2, -0.15) is 0 Å². The molecule has 2 heterocycles. The average molecular weight is 409 g/mol. The number of nitrogens with zero attached hydrogens (tertiary/aromatic N) is 3. The maximum Gasteiger partial charge on any atom is 0.327 e. The number of benzene rings is 1. The van der Waals surface area contributed by atoms with Crippen molar-refractivity contribution in [3.8, 4) is 0 Å². The van der Waals surface area contributed by atoms with Gasteiger partial charge in [-0.15, -0.1) is 0 Å². The Balaban J connectivity index is 1.46. The summed E-state index contributed by atoms with van der Waals surface area (Å²) >= 11 is 5.86. The van der Waals surface area contributed by atoms with Crippen LogP contribution in [-0.2, 0) is 16.1 Å². The smallest absolute Gasteiger partial charge is 0.327 e. The van der Waals surface area contributed by atoms with Crippen LogP contribution in [0.25, 0.3) is 0 Å². The summed E-state index contributed by atoms with van der Waals surface area (Å²) in [5.74, 6) is -0.190. The van der Waals surface area contributed by atoms with Gasteiger partial charge in [-0.3, -0.25) is 9.69 Å². The first-order chi connectivity index (χ1) is 13.5. The van der Waals surface area contributed by atoms with Crippen molar-refractivity contribution in [2.24, 2.45) is 0 Å². The second-order valence-electron chi connectivity index (χ2n) is 6.95. The van der Waals surface area contributed by atoms with E-state index in [1.165, 1.54) is 12.0 Å². The third-order valence-corrected chi connectivity index (χ3v) is 5.40. The Morgan fingerprint density at radius 3 is 2.54 bits per heavy atom. The van der Waals surface area contributed by atoms with Crippen LogP contribution in [-0.4, -0.2) is 78.6 Å². The largest absolute Gasteiger partial charge is 0.383 e. The van der Waals surface area contributed by atoms with Crippen molar-refractivity contribution >= 4 is 29.6 Å². The van der Waals surface area contributed by atoms with Crippen molar-refractivity contribution in [1.29, 1.82) is 0 Å². The molecule has 1 aromatic carbocycles. The Hall–Kier alpha value is -2.32. The lowest BCUT2D eigenvalue weighted by molar-refractivity contribution is -0.125. The van der Waals surface area contributed by atoms with E-state index in [1.54, 1.807) is 21.9 Å². The van der Waals surface area contributed by atoms with Gasteiger partial charge in [-0.1, -0.05) is 23.7 Å². The summed E-state index contributed by atoms with van der Waals surface area (Å²) in [5, 5.41) is 3.57. The number of methoxy groups -OCH3 is 1. The number of imide groups is 1. The van der Waals surface area contributed by atoms with E-state index in [0.29, 0.717) is 44.1 Å². The minimum absolute atomic E-state index is 0.0238. The van der Waals surface area contributed by atoms with Crippen LogP contribution < -0.4 is 5.32 Å². The molecule has 1 N–H and O–H groups in total. The lowest BCUT2D eigenvalue weighted by Gasteiger charge is -2.36. The molecule has 0 atom stereocenters. The molecular formula is C19H25ClN4O4. The summed E-state index contributed by atoms with van der Waals surface area (Å²) in [7, 11) is 1.54. The topological polar surface area (TPSA) is 82.2 Å². The van der Waals surface area contributed by atoms with Crippen molar-refractivity contribution in [3.05, 3.63) is 34.9 Å². The first-order valence-corrected chi connectivity index (χ1v) is 9.74. The van der Waals surface area contributed by atoms with Crippen LogP contribution >= 0.6 is 11.6 Å². The second kappa shape index (κ2) is 9.25. The van der Waals surface area contributed by atoms with E-state index in [1.807, 2.05) is 12.1 Å². The molecular weight excluding hydrogens is 384 g/mol. The minimum atomic E-state index is -0.257. The fourth-order valence-electron chi connectivity index (χ4n) is 3.52. The number of halogens is 1. The van der Waals surface area contributed by atoms with Gasteiger partial charge in [0.2, 0.25) is 5.91 Å². The maximum absolute atomic E-state index is 12.5. The monoisotopic (exact) mass is 408 g/mol. The Bertz CT molecular complexity index is 719. The summed E-state index contributed by atoms with van der Waals surface area (Å²) in [6.07, 6.45) is 1.32. The van der Waals surface area contributed by atoms with E-state index in [2.05, 4.69) is 5.32 Å². The number of hydrogen-bond donors (Lipinski definition) is 1. The van der Waals surface area contributed by atoms with Crippen LogP contribution in [0.3, 0.4) is 0 Å². The Morgan fingerprint density at radius 2 is 1.89 bits per heavy atom. The first-order valence-electron chi connectivity index (χ1n) is 9.36. The second-order valence-corrected chi connectivity index (χ2v) is 7.39. The third kappa shape index (κ3) is 4.74. The molecule has 3 rings (SSSR count). The zero-order valence-electron chi connectivity index (χ0n) is 15.9. The summed E-state index contributed by atoms with van der Waals surface area (Å²) in [6, 6.07) is 6.92. The number of rotatable bonds is 6. The zero-order valence-corrected chi connectivity index (χ0v) is 16.7. The number of nitrogens with one attached hydrogen (secondary N) is 1. The number of carbonyl (C=O) groups is 3. The quantitative estimate of drug-likeness (QED) is 0.729.